The molecule has 4 rings (SSSR count). The number of aromatic nitrogens is 3. The van der Waals surface area contributed by atoms with Crippen molar-refractivity contribution in [3.63, 3.8) is 0 Å². The van der Waals surface area contributed by atoms with Crippen LogP contribution in [0.1, 0.15) is 30.1 Å². The molecule has 20 heavy (non-hydrogen) atoms. The largest absolute Gasteiger partial charge is 0.447 e. The summed E-state index contributed by atoms with van der Waals surface area (Å²) in [5.41, 5.74) is 8.23. The van der Waals surface area contributed by atoms with Crippen LogP contribution in [0.3, 0.4) is 0 Å². The summed E-state index contributed by atoms with van der Waals surface area (Å²) in [4.78, 5) is 17.8. The monoisotopic (exact) mass is 273 g/mol. The van der Waals surface area contributed by atoms with Gasteiger partial charge in [0.2, 0.25) is 0 Å². The molecule has 2 aromatic heterocycles. The van der Waals surface area contributed by atoms with Crippen LogP contribution in [0.2, 0.25) is 0 Å². The van der Waals surface area contributed by atoms with E-state index in [4.69, 9.17) is 10.5 Å². The van der Waals surface area contributed by atoms with Crippen molar-refractivity contribution in [2.45, 2.75) is 25.3 Å². The third-order valence-electron chi connectivity index (χ3n) is 3.76. The van der Waals surface area contributed by atoms with Crippen molar-refractivity contribution < 1.29 is 9.53 Å². The molecule has 1 amide bonds. The molecule has 2 aromatic rings. The van der Waals surface area contributed by atoms with Gasteiger partial charge in [-0.05, 0) is 30.4 Å². The number of nitrogens with two attached hydrogens (primary N) is 1. The third-order valence-corrected chi connectivity index (χ3v) is 3.76. The van der Waals surface area contributed by atoms with E-state index >= 15 is 0 Å². The van der Waals surface area contributed by atoms with Crippen molar-refractivity contribution in [2.24, 2.45) is 5.73 Å². The Kier molecular flexibility index (Phi) is 2.43. The van der Waals surface area contributed by atoms with Crippen molar-refractivity contribution in [2.75, 3.05) is 18.1 Å². The summed E-state index contributed by atoms with van der Waals surface area (Å²) in [5, 5.41) is 4.36. The molecule has 0 radical (unpaired) electrons. The number of hydrogen-bond acceptors (Lipinski definition) is 5. The maximum Gasteiger partial charge on any atom is 0.414 e. The van der Waals surface area contributed by atoms with Crippen LogP contribution in [0.25, 0.3) is 5.65 Å². The van der Waals surface area contributed by atoms with Crippen LogP contribution in [0.15, 0.2) is 12.3 Å². The van der Waals surface area contributed by atoms with Crippen LogP contribution >= 0.6 is 0 Å². The van der Waals surface area contributed by atoms with Crippen molar-refractivity contribution in [3.05, 3.63) is 23.7 Å². The second-order valence-electron chi connectivity index (χ2n) is 5.20. The van der Waals surface area contributed by atoms with E-state index in [0.29, 0.717) is 30.5 Å². The molecule has 7 nitrogen and oxygen atoms in total. The zero-order valence-corrected chi connectivity index (χ0v) is 11.0. The van der Waals surface area contributed by atoms with Gasteiger partial charge in [-0.1, -0.05) is 0 Å². The van der Waals surface area contributed by atoms with Gasteiger partial charge in [0.1, 0.15) is 6.61 Å². The Hall–Kier alpha value is -2.15. The van der Waals surface area contributed by atoms with Gasteiger partial charge in [0.15, 0.2) is 11.5 Å². The predicted molar refractivity (Wildman–Crippen MR) is 71.5 cm³/mol. The Morgan fingerprint density at radius 2 is 2.30 bits per heavy atom. The number of hydrogen-bond donors (Lipinski definition) is 1. The van der Waals surface area contributed by atoms with Gasteiger partial charge in [0, 0.05) is 6.20 Å². The van der Waals surface area contributed by atoms with Gasteiger partial charge in [-0.15, -0.1) is 5.10 Å². The van der Waals surface area contributed by atoms with E-state index in [-0.39, 0.29) is 12.6 Å². The molecule has 1 saturated heterocycles. The lowest BCUT2D eigenvalue weighted by Gasteiger charge is -2.14. The first-order chi connectivity index (χ1) is 9.76. The average molecular weight is 273 g/mol. The molecule has 2 aliphatic rings. The maximum atomic E-state index is 11.8. The summed E-state index contributed by atoms with van der Waals surface area (Å²) >= 11 is 0. The van der Waals surface area contributed by atoms with Gasteiger partial charge < -0.3 is 10.5 Å². The molecule has 3 heterocycles. The van der Waals surface area contributed by atoms with E-state index in [1.807, 2.05) is 12.3 Å². The number of cyclic esters (lactones) is 1. The van der Waals surface area contributed by atoms with Crippen molar-refractivity contribution in [1.82, 2.24) is 14.6 Å². The molecule has 104 valence electrons. The molecular weight excluding hydrogens is 258 g/mol. The minimum Gasteiger partial charge on any atom is -0.447 e. The van der Waals surface area contributed by atoms with Gasteiger partial charge in [0.05, 0.1) is 18.8 Å². The number of pyridine rings is 1. The highest BCUT2D eigenvalue weighted by Crippen LogP contribution is 2.41. The van der Waals surface area contributed by atoms with Gasteiger partial charge in [-0.2, -0.15) is 0 Å². The van der Waals surface area contributed by atoms with E-state index in [9.17, 15) is 4.79 Å². The van der Waals surface area contributed by atoms with Crippen molar-refractivity contribution in [1.29, 1.82) is 0 Å². The number of carbonyl (C=O) groups is 1. The number of rotatable bonds is 3. The number of carbonyl (C=O) groups excluding carboxylic acids is 1. The zero-order valence-electron chi connectivity index (χ0n) is 11.0. The van der Waals surface area contributed by atoms with E-state index in [0.717, 1.165) is 5.69 Å². The lowest BCUT2D eigenvalue weighted by Crippen LogP contribution is -2.24. The summed E-state index contributed by atoms with van der Waals surface area (Å²) in [7, 11) is 0. The SMILES string of the molecule is NCc1nc2c(N3CCOC3=O)cc(C3CC3)cn2n1. The number of amides is 1. The first-order valence-electron chi connectivity index (χ1n) is 6.80. The van der Waals surface area contributed by atoms with Crippen LogP contribution in [0.4, 0.5) is 10.5 Å². The molecule has 0 atom stereocenters. The van der Waals surface area contributed by atoms with E-state index in [1.165, 1.54) is 18.4 Å². The molecule has 0 unspecified atom stereocenters. The summed E-state index contributed by atoms with van der Waals surface area (Å²) in [6.07, 6.45) is 4.04. The van der Waals surface area contributed by atoms with Gasteiger partial charge >= 0.3 is 6.09 Å². The quantitative estimate of drug-likeness (QED) is 0.902. The molecule has 1 saturated carbocycles. The highest BCUT2D eigenvalue weighted by Gasteiger charge is 2.30. The maximum absolute atomic E-state index is 11.8. The van der Waals surface area contributed by atoms with Crippen LogP contribution in [0, 0.1) is 0 Å². The molecule has 1 aliphatic carbocycles. The summed E-state index contributed by atoms with van der Waals surface area (Å²) < 4.78 is 6.76. The second-order valence-corrected chi connectivity index (χ2v) is 5.20. The summed E-state index contributed by atoms with van der Waals surface area (Å²) in [5.74, 6) is 1.15. The summed E-state index contributed by atoms with van der Waals surface area (Å²) in [6.45, 7) is 1.24. The van der Waals surface area contributed by atoms with Crippen molar-refractivity contribution >= 4 is 17.4 Å². The minimum absolute atomic E-state index is 0.282. The van der Waals surface area contributed by atoms with Gasteiger partial charge in [-0.3, -0.25) is 4.90 Å². The van der Waals surface area contributed by atoms with Crippen LogP contribution in [-0.4, -0.2) is 33.8 Å². The van der Waals surface area contributed by atoms with Gasteiger partial charge in [0.25, 0.3) is 0 Å². The van der Waals surface area contributed by atoms with Crippen LogP contribution in [0.5, 0.6) is 0 Å². The highest BCUT2D eigenvalue weighted by atomic mass is 16.6. The lowest BCUT2D eigenvalue weighted by molar-refractivity contribution is 0.181. The fraction of sp³-hybridized carbons (Fsp3) is 0.462. The Morgan fingerprint density at radius 3 is 2.95 bits per heavy atom. The normalized spacial score (nSPS) is 18.9. The number of ether oxygens (including phenoxy) is 1. The van der Waals surface area contributed by atoms with Crippen LogP contribution in [-0.2, 0) is 11.3 Å². The van der Waals surface area contributed by atoms with Crippen LogP contribution < -0.4 is 10.6 Å². The molecule has 0 spiro atoms. The Bertz CT molecular complexity index is 691. The first kappa shape index (κ1) is 11.7. The molecule has 1 aliphatic heterocycles. The topological polar surface area (TPSA) is 85.7 Å². The van der Waals surface area contributed by atoms with E-state index in [2.05, 4.69) is 10.1 Å². The molecular formula is C13H15N5O2. The van der Waals surface area contributed by atoms with Gasteiger partial charge in [-0.25, -0.2) is 14.3 Å². The van der Waals surface area contributed by atoms with E-state index < -0.39 is 0 Å². The Labute approximate surface area is 115 Å². The average Bonchev–Trinajstić information content (AvgIpc) is 3.08. The zero-order chi connectivity index (χ0) is 13.7. The fourth-order valence-electron chi connectivity index (χ4n) is 2.57. The third kappa shape index (κ3) is 1.74. The smallest absolute Gasteiger partial charge is 0.414 e. The lowest BCUT2D eigenvalue weighted by atomic mass is 10.1. The molecule has 7 heteroatoms. The second kappa shape index (κ2) is 4.17. The molecule has 0 bridgehead atoms. The standard InChI is InChI=1S/C13H15N5O2/c14-6-11-15-12-10(17-3-4-20-13(17)19)5-9(8-1-2-8)7-18(12)16-11/h5,7-8H,1-4,6,14H2. The predicted octanol–water partition coefficient (Wildman–Crippen LogP) is 1.02. The molecule has 2 fully saturated rings. The van der Waals surface area contributed by atoms with Crippen molar-refractivity contribution in [3.8, 4) is 0 Å². The van der Waals surface area contributed by atoms with E-state index in [1.54, 1.807) is 9.42 Å². The number of fused-ring (bicyclic) bond motifs is 1. The summed E-state index contributed by atoms with van der Waals surface area (Å²) in [6, 6.07) is 2.04. The number of nitrogens with zero attached hydrogens (tertiary/aromatic N) is 4. The first-order valence-corrected chi connectivity index (χ1v) is 6.80. The fourth-order valence-corrected chi connectivity index (χ4v) is 2.57. The molecule has 0 aromatic carbocycles. The molecule has 2 N–H and O–H groups in total. The Balaban J connectivity index is 1.90. The Morgan fingerprint density at radius 1 is 1.45 bits per heavy atom. The minimum atomic E-state index is -0.322. The number of anilines is 1. The highest BCUT2D eigenvalue weighted by molar-refractivity contribution is 5.93.